The second-order valence-electron chi connectivity index (χ2n) is 34.3. The van der Waals surface area contributed by atoms with Crippen molar-refractivity contribution in [3.8, 4) is 0 Å². The highest BCUT2D eigenvalue weighted by molar-refractivity contribution is 7.47. The number of nitrogens with two attached hydrogens (primary N) is 2. The number of hydrogen-bond donors (Lipinski definition) is 8. The van der Waals surface area contributed by atoms with Crippen molar-refractivity contribution >= 4 is 103 Å². The molecule has 0 bridgehead atoms. The molecule has 5 heterocycles. The number of phosphoric ester groups is 1. The first-order valence-corrected chi connectivity index (χ1v) is 45.2. The number of Topliss-reactive ketones (excluding diaryl/α,β-unsaturated/α-hetero) is 1. The van der Waals surface area contributed by atoms with Gasteiger partial charge in [-0.2, -0.15) is 0 Å². The van der Waals surface area contributed by atoms with Gasteiger partial charge in [0.15, 0.2) is 117 Å². The molecule has 10 N–H and O–H groups in total. The van der Waals surface area contributed by atoms with E-state index in [0.29, 0.717) is 12.8 Å². The quantitative estimate of drug-likeness (QED) is 0.0188. The maximum Gasteiger partial charge on any atom is 0.474 e. The van der Waals surface area contributed by atoms with E-state index < -0.39 is 293 Å². The first-order valence-electron chi connectivity index (χ1n) is 43.7. The zero-order valence-corrected chi connectivity index (χ0v) is 80.9. The second-order valence-corrected chi connectivity index (χ2v) is 35.7. The Labute approximate surface area is 790 Å². The van der Waals surface area contributed by atoms with Crippen molar-refractivity contribution in [2.75, 3.05) is 33.5 Å². The molecule has 768 valence electrons. The fraction of sp³-hybridized carbons (Fsp3) is 0.682. The average molecular weight is 1970 g/mol. The molecule has 137 heavy (non-hydrogen) atoms. The number of ether oxygens (including phenoxy) is 21. The topological polar surface area (TPSA) is 651 Å². The minimum atomic E-state index is -5.98. The molecule has 5 amide bonds. The monoisotopic (exact) mass is 1970 g/mol. The summed E-state index contributed by atoms with van der Waals surface area (Å²) in [5.74, 6) is -18.0. The van der Waals surface area contributed by atoms with Crippen LogP contribution in [0.4, 0.5) is 4.79 Å². The van der Waals surface area contributed by atoms with Crippen molar-refractivity contribution in [1.29, 1.82) is 0 Å². The Morgan fingerprint density at radius 2 is 1.05 bits per heavy atom. The van der Waals surface area contributed by atoms with Gasteiger partial charge in [0.05, 0.1) is 33.0 Å². The van der Waals surface area contributed by atoms with Crippen molar-refractivity contribution in [1.82, 2.24) is 16.0 Å². The molecular formula is C88H128N5O43P. The van der Waals surface area contributed by atoms with E-state index in [0.717, 1.165) is 133 Å². The zero-order chi connectivity index (χ0) is 103. The van der Waals surface area contributed by atoms with Crippen molar-refractivity contribution in [2.45, 2.75) is 348 Å². The average Bonchev–Trinajstić information content (AvgIpc) is 1.30. The number of allylic oxidation sites excluding steroid dienone is 10. The van der Waals surface area contributed by atoms with E-state index in [1.54, 1.807) is 13.0 Å². The summed E-state index contributed by atoms with van der Waals surface area (Å²) in [5.41, 5.74) is 12.1. The van der Waals surface area contributed by atoms with E-state index in [9.17, 15) is 96.4 Å². The Balaban J connectivity index is 1.49. The molecule has 0 spiro atoms. The van der Waals surface area contributed by atoms with Crippen molar-refractivity contribution in [3.63, 3.8) is 0 Å². The summed E-state index contributed by atoms with van der Waals surface area (Å²) >= 11 is 0. The van der Waals surface area contributed by atoms with Crippen LogP contribution >= 0.6 is 7.82 Å². The summed E-state index contributed by atoms with van der Waals surface area (Å²) in [6.07, 6.45) is -37.5. The van der Waals surface area contributed by atoms with Gasteiger partial charge < -0.3 is 142 Å². The number of ketones is 1. The van der Waals surface area contributed by atoms with Crippen LogP contribution < -0.4 is 27.4 Å². The number of phosphoric acid groups is 1. The highest BCUT2D eigenvalue weighted by atomic mass is 31.2. The highest BCUT2D eigenvalue weighted by Gasteiger charge is 2.65. The third-order valence-corrected chi connectivity index (χ3v) is 22.5. The van der Waals surface area contributed by atoms with Crippen LogP contribution in [0.25, 0.3) is 0 Å². The number of carbonyl (C=O) groups is 16. The number of rotatable bonds is 46. The van der Waals surface area contributed by atoms with Gasteiger partial charge in [-0.1, -0.05) is 73.1 Å². The molecule has 5 fully saturated rings. The molecule has 5 saturated heterocycles. The molecule has 27 atom stereocenters. The van der Waals surface area contributed by atoms with Gasteiger partial charge in [0.1, 0.15) is 60.2 Å². The first kappa shape index (κ1) is 115. The van der Waals surface area contributed by atoms with Crippen LogP contribution in [-0.2, 0) is 185 Å². The van der Waals surface area contributed by atoms with Gasteiger partial charge in [-0.25, -0.2) is 14.2 Å². The Kier molecular flexibility index (Phi) is 44.1. The molecule has 48 nitrogen and oxygen atoms in total. The zero-order valence-electron chi connectivity index (χ0n) is 80.0. The van der Waals surface area contributed by atoms with Crippen molar-refractivity contribution in [3.05, 3.63) is 70.7 Å². The minimum Gasteiger partial charge on any atom is -0.510 e. The van der Waals surface area contributed by atoms with E-state index >= 15 is 0 Å². The number of hydrogen-bond acceptors (Lipinski definition) is 42. The lowest BCUT2D eigenvalue weighted by molar-refractivity contribution is -0.375. The van der Waals surface area contributed by atoms with E-state index in [2.05, 4.69) is 75.4 Å². The number of aliphatic hydroxyl groups is 2. The van der Waals surface area contributed by atoms with E-state index in [-0.39, 0.29) is 24.9 Å². The summed E-state index contributed by atoms with van der Waals surface area (Å²) < 4.78 is 150. The van der Waals surface area contributed by atoms with E-state index in [1.807, 2.05) is 6.08 Å². The SMILES string of the molecule is C=C(C/C=C(\C)CCC=C(C)C)CCC(C)(C)/C=C/CC/C(C)=C\CO[C@H](COP(=O)(O)O[C@H]1O[C@H](C(N)=O)[C@@](C)(O)[C@H](OC(N)=O)[C@H]1O[C@@H]1O[C@H](CO[C@@H]2O[C@H](COC(C)=O)[C@@H](OC(C)=O)[C@H](OC(C)=O)[C@H]2OC(C)=O)[C@@H](O[C@H]2O[C@H](C)[C@@H](O[C@H]3O[C@H](C(=O)NC4=C(O)CCC4=O)[C@H](OC(C)=O)[C@H](OC(C)=O)[C@H]3OC(C)=O)[C@H](OC(C)=O)[C@H]2NC(C)=O)[C@H](OC(C)=O)[C@H]1NC(C)=O)C(=O)OC. The number of amides is 5. The van der Waals surface area contributed by atoms with Gasteiger partial charge in [0, 0.05) is 89.0 Å². The largest absolute Gasteiger partial charge is 0.510 e. The van der Waals surface area contributed by atoms with Crippen LogP contribution in [0.2, 0.25) is 0 Å². The highest BCUT2D eigenvalue weighted by Crippen LogP contribution is 2.50. The normalized spacial score (nSPS) is 30.2. The smallest absolute Gasteiger partial charge is 0.474 e. The molecule has 1 aliphatic carbocycles. The molecular weight excluding hydrogens is 1850 g/mol. The van der Waals surface area contributed by atoms with Crippen LogP contribution in [0.1, 0.15) is 189 Å². The number of aliphatic hydroxyl groups excluding tert-OH is 1. The Morgan fingerprint density at radius 3 is 1.58 bits per heavy atom. The van der Waals surface area contributed by atoms with Gasteiger partial charge in [-0.3, -0.25) is 76.2 Å². The predicted molar refractivity (Wildman–Crippen MR) is 462 cm³/mol. The second kappa shape index (κ2) is 52.4. The third kappa shape index (κ3) is 35.4. The van der Waals surface area contributed by atoms with Gasteiger partial charge >= 0.3 is 73.6 Å². The summed E-state index contributed by atoms with van der Waals surface area (Å²) in [5, 5.41) is 30.3. The minimum absolute atomic E-state index is 0.178. The summed E-state index contributed by atoms with van der Waals surface area (Å²) in [4.78, 5) is 226. The fourth-order valence-corrected chi connectivity index (χ4v) is 16.2. The maximum atomic E-state index is 14.7. The molecule has 0 aromatic carbocycles. The van der Waals surface area contributed by atoms with Crippen molar-refractivity contribution in [2.24, 2.45) is 16.9 Å². The van der Waals surface area contributed by atoms with Gasteiger partial charge in [0.2, 0.25) is 17.7 Å². The van der Waals surface area contributed by atoms with Crippen LogP contribution in [-0.4, -0.2) is 303 Å². The predicted octanol–water partition coefficient (Wildman–Crippen LogP) is 3.20. The number of esters is 10. The van der Waals surface area contributed by atoms with Gasteiger partial charge in [-0.05, 0) is 91.9 Å². The molecule has 1 unspecified atom stereocenters. The maximum absolute atomic E-state index is 14.7. The standard InChI is InChI=1S/C88H128N5O43P/c1-40(2)25-24-27-41(3)28-29-43(5)32-35-87(18,19)34-23-22-26-42(4)33-36-115-60(80(109)114-21)39-118-137(112,113)136-85-75(76(135-86(90)110)88(20,111)77(134-85)78(89)107)133-82-63(92-46(8)95)68(122-50(12)99)65(59(128-82)38-117-83-73(126-54(16)103)69(123-51(13)100)66(120-48(10)97)58(129-83)37-116-47(9)96)131-81-62(91-45(7)94)67(121-49(11)98)64(44(6)119-81)130-84-74(127-55(17)104)71(125-53(15)102)70(124-52(14)101)72(132-84)79(108)93-61-56(105)30-31-57(61)106/h23,25,28,33-34,44,58-60,62-77,81-85,105,111H,5,22,24,26-27,29-32,35-39H2,1-4,6-21H3,(H2,89,107)(H2,90,110)(H,91,94)(H,92,95)(H,93,108)(H,112,113)/b34-23+,41-28+,42-33-/t44-,58-,59-,60-,62-,63-,64-,65-,66-,67-,68-,69+,70-,71+,72+,73-,74-,75-,76-,77-,81-,82+,83-,84+,85-,88+/m1/s1. The number of primary amides is 2. The van der Waals surface area contributed by atoms with Gasteiger partial charge in [0.25, 0.3) is 5.91 Å². The molecule has 5 aliphatic heterocycles. The number of carbonyl (C=O) groups excluding carboxylic acids is 16. The Hall–Kier alpha value is -10.6. The van der Waals surface area contributed by atoms with Gasteiger partial charge in [-0.15, -0.1) is 0 Å². The molecule has 0 aromatic rings. The Morgan fingerprint density at radius 1 is 0.562 bits per heavy atom. The third-order valence-electron chi connectivity index (χ3n) is 21.6. The van der Waals surface area contributed by atoms with Crippen LogP contribution in [0.3, 0.4) is 0 Å². The molecule has 0 saturated carbocycles. The number of methoxy groups -OCH3 is 1. The van der Waals surface area contributed by atoms with Crippen LogP contribution in [0.5, 0.6) is 0 Å². The molecule has 6 aliphatic rings. The molecule has 49 heteroatoms. The lowest BCUT2D eigenvalue weighted by Gasteiger charge is -2.52. The Bertz CT molecular complexity index is 4560. The first-order chi connectivity index (χ1) is 63.9. The summed E-state index contributed by atoms with van der Waals surface area (Å²) in [7, 11) is -5.02. The summed E-state index contributed by atoms with van der Waals surface area (Å²) in [6.45, 7) is 24.6. The number of nitrogens with one attached hydrogen (secondary N) is 3. The molecule has 6 rings (SSSR count). The van der Waals surface area contributed by atoms with Crippen molar-refractivity contribution < 1.29 is 205 Å². The van der Waals surface area contributed by atoms with E-state index in [1.165, 1.54) is 18.1 Å². The fourth-order valence-electron chi connectivity index (χ4n) is 15.4. The lowest BCUT2D eigenvalue weighted by Crippen LogP contribution is -2.73. The van der Waals surface area contributed by atoms with E-state index in [4.69, 9.17) is 120 Å². The molecule has 0 radical (unpaired) electrons. The molecule has 0 aromatic heterocycles. The lowest BCUT2D eigenvalue weighted by atomic mass is 9.85. The van der Waals surface area contributed by atoms with Crippen LogP contribution in [0.15, 0.2) is 70.7 Å². The van der Waals surface area contributed by atoms with Crippen LogP contribution in [0, 0.1) is 5.41 Å². The summed E-state index contributed by atoms with van der Waals surface area (Å²) in [6, 6.07) is -4.33.